The lowest BCUT2D eigenvalue weighted by atomic mass is 10.1. The van der Waals surface area contributed by atoms with Crippen LogP contribution in [0, 0.1) is 0 Å². The van der Waals surface area contributed by atoms with Crippen molar-refractivity contribution in [3.8, 4) is 0 Å². The lowest BCUT2D eigenvalue weighted by Crippen LogP contribution is -2.48. The van der Waals surface area contributed by atoms with Gasteiger partial charge in [0.2, 0.25) is 0 Å². The van der Waals surface area contributed by atoms with Crippen LogP contribution >= 0.6 is 0 Å². The zero-order valence-electron chi connectivity index (χ0n) is 12.3. The van der Waals surface area contributed by atoms with Crippen molar-refractivity contribution in [1.82, 2.24) is 9.97 Å². The zero-order valence-corrected chi connectivity index (χ0v) is 12.3. The van der Waals surface area contributed by atoms with Gasteiger partial charge < -0.3 is 14.7 Å². The predicted octanol–water partition coefficient (Wildman–Crippen LogP) is 1.91. The van der Waals surface area contributed by atoms with Crippen molar-refractivity contribution in [2.45, 2.75) is 45.8 Å². The Hall–Kier alpha value is -1.69. The normalized spacial score (nSPS) is 23.1. The lowest BCUT2D eigenvalue weighted by molar-refractivity contribution is 0.0340. The second kappa shape index (κ2) is 5.75. The minimum atomic E-state index is -1.02. The number of nitrogens with zero attached hydrogens (tertiary/aromatic N) is 3. The Labute approximate surface area is 118 Å². The molecule has 2 rings (SSSR count). The van der Waals surface area contributed by atoms with Gasteiger partial charge in [0, 0.05) is 18.5 Å². The molecule has 20 heavy (non-hydrogen) atoms. The summed E-state index contributed by atoms with van der Waals surface area (Å²) >= 11 is 0. The molecule has 6 heteroatoms. The number of morpholine rings is 1. The van der Waals surface area contributed by atoms with Crippen LogP contribution in [-0.4, -0.2) is 46.3 Å². The van der Waals surface area contributed by atoms with Crippen LogP contribution in [0.25, 0.3) is 0 Å². The number of carboxylic acids is 1. The Morgan fingerprint density at radius 1 is 1.50 bits per heavy atom. The van der Waals surface area contributed by atoms with E-state index in [4.69, 9.17) is 4.74 Å². The van der Waals surface area contributed by atoms with E-state index in [0.717, 1.165) is 0 Å². The number of ether oxygens (including phenoxy) is 1. The molecule has 110 valence electrons. The lowest BCUT2D eigenvalue weighted by Gasteiger charge is -2.38. The van der Waals surface area contributed by atoms with Crippen molar-refractivity contribution in [2.24, 2.45) is 0 Å². The van der Waals surface area contributed by atoms with Crippen LogP contribution in [0.15, 0.2) is 6.20 Å². The van der Waals surface area contributed by atoms with E-state index >= 15 is 0 Å². The van der Waals surface area contributed by atoms with Crippen molar-refractivity contribution < 1.29 is 14.6 Å². The number of hydrogen-bond donors (Lipinski definition) is 1. The minimum absolute atomic E-state index is 0.0672. The Bertz CT molecular complexity index is 504. The van der Waals surface area contributed by atoms with Crippen LogP contribution < -0.4 is 4.90 Å². The highest BCUT2D eigenvalue weighted by Gasteiger charge is 2.28. The molecular weight excluding hydrogens is 258 g/mol. The van der Waals surface area contributed by atoms with E-state index in [-0.39, 0.29) is 23.8 Å². The van der Waals surface area contributed by atoms with Crippen LogP contribution in [0.5, 0.6) is 0 Å². The van der Waals surface area contributed by atoms with E-state index in [0.29, 0.717) is 24.7 Å². The molecule has 0 bridgehead atoms. The smallest absolute Gasteiger partial charge is 0.356 e. The summed E-state index contributed by atoms with van der Waals surface area (Å²) < 4.78 is 5.57. The van der Waals surface area contributed by atoms with Crippen molar-refractivity contribution in [1.29, 1.82) is 0 Å². The Morgan fingerprint density at radius 3 is 2.80 bits per heavy atom. The third kappa shape index (κ3) is 2.90. The van der Waals surface area contributed by atoms with Crippen LogP contribution in [-0.2, 0) is 4.74 Å². The summed E-state index contributed by atoms with van der Waals surface area (Å²) in [6.07, 6.45) is 1.69. The second-order valence-electron chi connectivity index (χ2n) is 5.57. The molecule has 2 heterocycles. The molecule has 1 N–H and O–H groups in total. The molecule has 1 aromatic rings. The first-order chi connectivity index (χ1) is 9.40. The van der Waals surface area contributed by atoms with Crippen molar-refractivity contribution in [3.05, 3.63) is 17.7 Å². The van der Waals surface area contributed by atoms with E-state index in [1.165, 1.54) is 0 Å². The topological polar surface area (TPSA) is 75.6 Å². The molecule has 2 atom stereocenters. The number of hydrogen-bond acceptors (Lipinski definition) is 5. The van der Waals surface area contributed by atoms with Gasteiger partial charge in [0.25, 0.3) is 0 Å². The Morgan fingerprint density at radius 2 is 2.20 bits per heavy atom. The molecule has 0 amide bonds. The number of aromatic nitrogens is 2. The molecule has 1 saturated heterocycles. The Balaban J connectivity index is 2.42. The average Bonchev–Trinajstić information content (AvgIpc) is 2.40. The van der Waals surface area contributed by atoms with E-state index in [1.54, 1.807) is 6.20 Å². The van der Waals surface area contributed by atoms with E-state index in [2.05, 4.69) is 9.97 Å². The molecule has 1 aliphatic rings. The molecule has 0 aromatic carbocycles. The molecule has 0 saturated carbocycles. The number of carbonyl (C=O) groups is 1. The van der Waals surface area contributed by atoms with Crippen molar-refractivity contribution >= 4 is 11.7 Å². The monoisotopic (exact) mass is 279 g/mol. The summed E-state index contributed by atoms with van der Waals surface area (Å²) in [5.41, 5.74) is 0.647. The molecular formula is C14H21N3O3. The van der Waals surface area contributed by atoms with E-state index < -0.39 is 5.97 Å². The molecule has 6 nitrogen and oxygen atoms in total. The first-order valence-corrected chi connectivity index (χ1v) is 6.88. The minimum Gasteiger partial charge on any atom is -0.476 e. The van der Waals surface area contributed by atoms with E-state index in [9.17, 15) is 9.90 Å². The fourth-order valence-electron chi connectivity index (χ4n) is 2.27. The first-order valence-electron chi connectivity index (χ1n) is 6.88. The molecule has 1 aliphatic heterocycles. The van der Waals surface area contributed by atoms with Crippen LogP contribution in [0.1, 0.15) is 49.9 Å². The first kappa shape index (κ1) is 14.7. The molecule has 1 fully saturated rings. The van der Waals surface area contributed by atoms with Crippen LogP contribution in [0.2, 0.25) is 0 Å². The largest absolute Gasteiger partial charge is 0.476 e. The van der Waals surface area contributed by atoms with E-state index in [1.807, 2.05) is 32.6 Å². The Kier molecular flexibility index (Phi) is 4.23. The van der Waals surface area contributed by atoms with Gasteiger partial charge in [-0.15, -0.1) is 0 Å². The fourth-order valence-corrected chi connectivity index (χ4v) is 2.27. The summed E-state index contributed by atoms with van der Waals surface area (Å²) in [7, 11) is 0. The predicted molar refractivity (Wildman–Crippen MR) is 75.3 cm³/mol. The molecule has 0 radical (unpaired) electrons. The van der Waals surface area contributed by atoms with Crippen molar-refractivity contribution in [3.63, 3.8) is 0 Å². The van der Waals surface area contributed by atoms with Gasteiger partial charge in [0.1, 0.15) is 5.82 Å². The number of carboxylic acid groups (broad SMARTS) is 1. The third-order valence-electron chi connectivity index (χ3n) is 3.42. The summed E-state index contributed by atoms with van der Waals surface area (Å²) in [4.78, 5) is 22.0. The zero-order chi connectivity index (χ0) is 14.9. The third-order valence-corrected chi connectivity index (χ3v) is 3.42. The van der Waals surface area contributed by atoms with Crippen molar-refractivity contribution in [2.75, 3.05) is 18.1 Å². The second-order valence-corrected chi connectivity index (χ2v) is 5.57. The van der Waals surface area contributed by atoms with Crippen LogP contribution in [0.3, 0.4) is 0 Å². The number of anilines is 1. The van der Waals surface area contributed by atoms with Gasteiger partial charge in [-0.25, -0.2) is 14.8 Å². The highest BCUT2D eigenvalue weighted by molar-refractivity contribution is 5.92. The summed E-state index contributed by atoms with van der Waals surface area (Å²) in [5, 5.41) is 9.41. The fraction of sp³-hybridized carbons (Fsp3) is 0.643. The average molecular weight is 279 g/mol. The molecule has 0 spiro atoms. The SMILES string of the molecule is CC1CN(c2cnc(C(C)C)nc2C(=O)O)C(C)CO1. The summed E-state index contributed by atoms with van der Waals surface area (Å²) in [6, 6.07) is 0.109. The summed E-state index contributed by atoms with van der Waals surface area (Å²) in [6.45, 7) is 9.09. The molecule has 2 unspecified atom stereocenters. The van der Waals surface area contributed by atoms with Crippen LogP contribution in [0.4, 0.5) is 5.69 Å². The maximum Gasteiger partial charge on any atom is 0.356 e. The highest BCUT2D eigenvalue weighted by atomic mass is 16.5. The standard InChI is InChI=1S/C14H21N3O3/c1-8(2)13-15-5-11(12(16-13)14(18)19)17-6-10(4)20-7-9(17)3/h5,8-10H,6-7H2,1-4H3,(H,18,19). The van der Waals surface area contributed by atoms with Gasteiger partial charge in [-0.1, -0.05) is 13.8 Å². The van der Waals surface area contributed by atoms with Gasteiger partial charge in [0.05, 0.1) is 24.6 Å². The number of rotatable bonds is 3. The van der Waals surface area contributed by atoms with Gasteiger partial charge in [-0.2, -0.15) is 0 Å². The molecule has 0 aliphatic carbocycles. The number of aromatic carboxylic acids is 1. The maximum absolute atomic E-state index is 11.5. The van der Waals surface area contributed by atoms with Gasteiger partial charge in [-0.3, -0.25) is 0 Å². The van der Waals surface area contributed by atoms with Gasteiger partial charge in [-0.05, 0) is 13.8 Å². The maximum atomic E-state index is 11.5. The summed E-state index contributed by atoms with van der Waals surface area (Å²) in [5.74, 6) is -0.362. The quantitative estimate of drug-likeness (QED) is 0.911. The van der Waals surface area contributed by atoms with Gasteiger partial charge >= 0.3 is 5.97 Å². The molecule has 1 aromatic heterocycles. The highest BCUT2D eigenvalue weighted by Crippen LogP contribution is 2.25. The van der Waals surface area contributed by atoms with Gasteiger partial charge in [0.15, 0.2) is 5.69 Å².